The molecule has 0 bridgehead atoms. The zero-order valence-electron chi connectivity index (χ0n) is 11.3. The Balaban J connectivity index is 2.66. The van der Waals surface area contributed by atoms with E-state index in [1.54, 1.807) is 0 Å². The fraction of sp³-hybridized carbons (Fsp3) is 0.385. The van der Waals surface area contributed by atoms with E-state index in [0.29, 0.717) is 18.2 Å². The van der Waals surface area contributed by atoms with Crippen LogP contribution in [0, 0.1) is 0 Å². The van der Waals surface area contributed by atoms with Gasteiger partial charge >= 0.3 is 12.0 Å². The van der Waals surface area contributed by atoms with E-state index in [-0.39, 0.29) is 17.4 Å². The van der Waals surface area contributed by atoms with Crippen molar-refractivity contribution in [2.75, 3.05) is 18.5 Å². The van der Waals surface area contributed by atoms with Crippen LogP contribution < -0.4 is 10.6 Å². The van der Waals surface area contributed by atoms with Gasteiger partial charge in [-0.15, -0.1) is 0 Å². The number of hydrogen-bond acceptors (Lipinski definition) is 3. The Labute approximate surface area is 122 Å². The van der Waals surface area contributed by atoms with E-state index in [0.717, 1.165) is 0 Å². The van der Waals surface area contributed by atoms with Crippen LogP contribution in [0.1, 0.15) is 24.2 Å². The number of carbonyl (C=O) groups is 2. The largest absolute Gasteiger partial charge is 0.478 e. The van der Waals surface area contributed by atoms with Crippen LogP contribution >= 0.6 is 11.6 Å². The second-order valence-corrected chi connectivity index (χ2v) is 4.53. The fourth-order valence-electron chi connectivity index (χ4n) is 1.55. The molecule has 1 unspecified atom stereocenters. The number of benzene rings is 1. The molecular formula is C13H17ClN2O4. The maximum atomic E-state index is 11.7. The molecule has 0 saturated heterocycles. The monoisotopic (exact) mass is 300 g/mol. The van der Waals surface area contributed by atoms with Gasteiger partial charge in [0.1, 0.15) is 0 Å². The Hall–Kier alpha value is -1.79. The van der Waals surface area contributed by atoms with E-state index >= 15 is 0 Å². The van der Waals surface area contributed by atoms with Crippen LogP contribution in [0.2, 0.25) is 5.02 Å². The SMILES string of the molecule is CCOC(C)CNC(=O)Nc1cc(Cl)ccc1C(=O)O. The molecule has 3 N–H and O–H groups in total. The number of urea groups is 1. The zero-order valence-corrected chi connectivity index (χ0v) is 12.0. The van der Waals surface area contributed by atoms with Crippen molar-refractivity contribution in [1.29, 1.82) is 0 Å². The average Bonchev–Trinajstić information content (AvgIpc) is 2.36. The quantitative estimate of drug-likeness (QED) is 0.753. The Morgan fingerprint density at radius 3 is 2.75 bits per heavy atom. The van der Waals surface area contributed by atoms with Crippen molar-refractivity contribution < 1.29 is 19.4 Å². The number of carboxylic acid groups (broad SMARTS) is 1. The van der Waals surface area contributed by atoms with Gasteiger partial charge in [0.25, 0.3) is 0 Å². The molecule has 0 heterocycles. The van der Waals surface area contributed by atoms with Crippen molar-refractivity contribution in [1.82, 2.24) is 5.32 Å². The van der Waals surface area contributed by atoms with Gasteiger partial charge in [-0.25, -0.2) is 9.59 Å². The number of carbonyl (C=O) groups excluding carboxylic acids is 1. The van der Waals surface area contributed by atoms with Crippen molar-refractivity contribution in [3.63, 3.8) is 0 Å². The van der Waals surface area contributed by atoms with Crippen LogP contribution in [0.4, 0.5) is 10.5 Å². The lowest BCUT2D eigenvalue weighted by Gasteiger charge is -2.14. The highest BCUT2D eigenvalue weighted by molar-refractivity contribution is 6.31. The van der Waals surface area contributed by atoms with Crippen LogP contribution in [0.25, 0.3) is 0 Å². The summed E-state index contributed by atoms with van der Waals surface area (Å²) in [4.78, 5) is 22.7. The molecule has 0 radical (unpaired) electrons. The van der Waals surface area contributed by atoms with Crippen molar-refractivity contribution in [3.05, 3.63) is 28.8 Å². The van der Waals surface area contributed by atoms with Gasteiger partial charge in [-0.3, -0.25) is 0 Å². The fourth-order valence-corrected chi connectivity index (χ4v) is 1.72. The molecular weight excluding hydrogens is 284 g/mol. The van der Waals surface area contributed by atoms with Gasteiger partial charge in [0.15, 0.2) is 0 Å². The number of carboxylic acids is 1. The Morgan fingerprint density at radius 2 is 2.15 bits per heavy atom. The Kier molecular flexibility index (Phi) is 6.27. The van der Waals surface area contributed by atoms with E-state index in [1.807, 2.05) is 13.8 Å². The topological polar surface area (TPSA) is 87.7 Å². The lowest BCUT2D eigenvalue weighted by Crippen LogP contribution is -2.35. The lowest BCUT2D eigenvalue weighted by atomic mass is 10.2. The summed E-state index contributed by atoms with van der Waals surface area (Å²) in [6, 6.07) is 3.66. The first-order valence-corrected chi connectivity index (χ1v) is 6.51. The number of hydrogen-bond donors (Lipinski definition) is 3. The zero-order chi connectivity index (χ0) is 15.1. The Bertz CT molecular complexity index is 493. The normalized spacial score (nSPS) is 11.8. The summed E-state index contributed by atoms with van der Waals surface area (Å²) in [5.74, 6) is -1.14. The second-order valence-electron chi connectivity index (χ2n) is 4.10. The van der Waals surface area contributed by atoms with Crippen LogP contribution in [0.5, 0.6) is 0 Å². The maximum absolute atomic E-state index is 11.7. The molecule has 110 valence electrons. The predicted molar refractivity (Wildman–Crippen MR) is 76.5 cm³/mol. The summed E-state index contributed by atoms with van der Waals surface area (Å²) in [6.45, 7) is 4.57. The third kappa shape index (κ3) is 5.07. The summed E-state index contributed by atoms with van der Waals surface area (Å²) >= 11 is 5.79. The van der Waals surface area contributed by atoms with E-state index in [2.05, 4.69) is 10.6 Å². The molecule has 1 rings (SSSR count). The maximum Gasteiger partial charge on any atom is 0.337 e. The number of amides is 2. The number of nitrogens with one attached hydrogen (secondary N) is 2. The number of ether oxygens (including phenoxy) is 1. The van der Waals surface area contributed by atoms with Gasteiger partial charge in [0, 0.05) is 18.2 Å². The summed E-state index contributed by atoms with van der Waals surface area (Å²) in [5, 5.41) is 14.4. The molecule has 0 aromatic heterocycles. The standard InChI is InChI=1S/C13H17ClN2O4/c1-3-20-8(2)7-15-13(19)16-11-6-9(14)4-5-10(11)12(17)18/h4-6,8H,3,7H2,1-2H3,(H,17,18)(H2,15,16,19). The molecule has 0 spiro atoms. The van der Waals surface area contributed by atoms with E-state index in [1.165, 1.54) is 18.2 Å². The van der Waals surface area contributed by atoms with Gasteiger partial charge in [-0.1, -0.05) is 11.6 Å². The molecule has 1 atom stereocenters. The molecule has 20 heavy (non-hydrogen) atoms. The third-order valence-corrected chi connectivity index (χ3v) is 2.70. The molecule has 1 aromatic rings. The molecule has 7 heteroatoms. The highest BCUT2D eigenvalue weighted by Gasteiger charge is 2.13. The minimum Gasteiger partial charge on any atom is -0.478 e. The van der Waals surface area contributed by atoms with E-state index in [9.17, 15) is 9.59 Å². The van der Waals surface area contributed by atoms with Crippen molar-refractivity contribution in [2.24, 2.45) is 0 Å². The van der Waals surface area contributed by atoms with Crippen LogP contribution in [0.3, 0.4) is 0 Å². The molecule has 0 fully saturated rings. The first-order chi connectivity index (χ1) is 9.43. The van der Waals surface area contributed by atoms with Gasteiger partial charge in [-0.2, -0.15) is 0 Å². The summed E-state index contributed by atoms with van der Waals surface area (Å²) < 4.78 is 5.27. The molecule has 2 amide bonds. The second kappa shape index (κ2) is 7.72. The molecule has 0 aliphatic carbocycles. The number of halogens is 1. The molecule has 0 aliphatic rings. The first kappa shape index (κ1) is 16.3. The summed E-state index contributed by atoms with van der Waals surface area (Å²) in [6.07, 6.45) is -0.121. The molecule has 6 nitrogen and oxygen atoms in total. The molecule has 0 aliphatic heterocycles. The summed E-state index contributed by atoms with van der Waals surface area (Å²) in [5.41, 5.74) is 0.119. The minimum atomic E-state index is -1.14. The van der Waals surface area contributed by atoms with E-state index < -0.39 is 12.0 Å². The molecule has 1 aromatic carbocycles. The number of rotatable bonds is 6. The predicted octanol–water partition coefficient (Wildman–Crippen LogP) is 2.58. The summed E-state index contributed by atoms with van der Waals surface area (Å²) in [7, 11) is 0. The van der Waals surface area contributed by atoms with Crippen molar-refractivity contribution in [2.45, 2.75) is 20.0 Å². The Morgan fingerprint density at radius 1 is 1.45 bits per heavy atom. The highest BCUT2D eigenvalue weighted by Crippen LogP contribution is 2.21. The van der Waals surface area contributed by atoms with Crippen molar-refractivity contribution >= 4 is 29.3 Å². The van der Waals surface area contributed by atoms with Crippen LogP contribution in [0.15, 0.2) is 18.2 Å². The van der Waals surface area contributed by atoms with Crippen LogP contribution in [-0.2, 0) is 4.74 Å². The average molecular weight is 301 g/mol. The molecule has 0 saturated carbocycles. The van der Waals surface area contributed by atoms with Crippen LogP contribution in [-0.4, -0.2) is 36.4 Å². The van der Waals surface area contributed by atoms with Gasteiger partial charge in [0.05, 0.1) is 17.4 Å². The van der Waals surface area contributed by atoms with Crippen molar-refractivity contribution in [3.8, 4) is 0 Å². The third-order valence-electron chi connectivity index (χ3n) is 2.46. The first-order valence-electron chi connectivity index (χ1n) is 6.13. The number of aromatic carboxylic acids is 1. The van der Waals surface area contributed by atoms with Gasteiger partial charge in [0.2, 0.25) is 0 Å². The highest BCUT2D eigenvalue weighted by atomic mass is 35.5. The van der Waals surface area contributed by atoms with E-state index in [4.69, 9.17) is 21.4 Å². The lowest BCUT2D eigenvalue weighted by molar-refractivity contribution is 0.0697. The number of anilines is 1. The van der Waals surface area contributed by atoms with Gasteiger partial charge < -0.3 is 20.5 Å². The van der Waals surface area contributed by atoms with Gasteiger partial charge in [-0.05, 0) is 32.0 Å². The smallest absolute Gasteiger partial charge is 0.337 e. The minimum absolute atomic E-state index is 0.0255.